The first-order valence-electron chi connectivity index (χ1n) is 8.34. The zero-order valence-corrected chi connectivity index (χ0v) is 15.3. The van der Waals surface area contributed by atoms with Gasteiger partial charge in [0.2, 0.25) is 11.2 Å². The van der Waals surface area contributed by atoms with Crippen molar-refractivity contribution in [2.75, 3.05) is 25.1 Å². The molecule has 1 saturated heterocycles. The van der Waals surface area contributed by atoms with Crippen LogP contribution in [0.5, 0.6) is 5.75 Å². The molecule has 2 aromatic rings. The van der Waals surface area contributed by atoms with E-state index in [0.29, 0.717) is 24.4 Å². The molecule has 0 radical (unpaired) electrons. The van der Waals surface area contributed by atoms with Gasteiger partial charge in [0.25, 0.3) is 0 Å². The Morgan fingerprint density at radius 1 is 1.48 bits per heavy atom. The maximum atomic E-state index is 14.8. The van der Waals surface area contributed by atoms with Crippen LogP contribution in [0, 0.1) is 5.82 Å². The summed E-state index contributed by atoms with van der Waals surface area (Å²) in [5, 5.41) is 18.5. The molecule has 1 unspecified atom stereocenters. The van der Waals surface area contributed by atoms with Crippen LogP contribution < -0.4 is 20.4 Å². The summed E-state index contributed by atoms with van der Waals surface area (Å²) in [6.07, 6.45) is 3.24. The molecular formula is C16H18FN5O4S. The van der Waals surface area contributed by atoms with Gasteiger partial charge in [-0.25, -0.2) is 14.6 Å². The predicted molar refractivity (Wildman–Crippen MR) is 99.7 cm³/mol. The smallest absolute Gasteiger partial charge is 0.237 e. The van der Waals surface area contributed by atoms with Gasteiger partial charge < -0.3 is 19.2 Å². The summed E-state index contributed by atoms with van der Waals surface area (Å²) in [7, 11) is 1.44. The molecule has 27 heavy (non-hydrogen) atoms. The number of anilines is 1. The Balaban J connectivity index is 1.83. The summed E-state index contributed by atoms with van der Waals surface area (Å²) in [4.78, 5) is 27.6. The fraction of sp³-hybridized carbons (Fsp3) is 0.438. The Hall–Kier alpha value is -2.37. The minimum Gasteiger partial charge on any atom is -0.399 e. The van der Waals surface area contributed by atoms with Crippen LogP contribution in [0.25, 0.3) is 11.0 Å². The third kappa shape index (κ3) is 3.11. The van der Waals surface area contributed by atoms with Gasteiger partial charge in [-0.05, 0) is 18.9 Å². The normalized spacial score (nSPS) is 21.3. The van der Waals surface area contributed by atoms with Crippen molar-refractivity contribution >= 4 is 34.5 Å². The first-order valence-corrected chi connectivity index (χ1v) is 9.28. The molecule has 2 aliphatic rings. The van der Waals surface area contributed by atoms with Gasteiger partial charge in [0.1, 0.15) is 12.8 Å². The van der Waals surface area contributed by atoms with E-state index in [2.05, 4.69) is 15.0 Å². The second-order valence-corrected chi connectivity index (χ2v) is 7.33. The lowest BCUT2D eigenvalue weighted by atomic mass is 10.2. The highest BCUT2D eigenvalue weighted by molar-refractivity contribution is 7.98. The van der Waals surface area contributed by atoms with Crippen LogP contribution in [-0.2, 0) is 4.84 Å². The van der Waals surface area contributed by atoms with Gasteiger partial charge in [0.05, 0.1) is 29.1 Å². The number of aromatic nitrogens is 2. The fourth-order valence-corrected chi connectivity index (χ4v) is 3.83. The number of fused-ring (bicyclic) bond motifs is 1. The maximum absolute atomic E-state index is 14.8. The number of nitrogens with zero attached hydrogens (tertiary/aromatic N) is 4. The number of rotatable bonds is 5. The van der Waals surface area contributed by atoms with E-state index in [1.807, 2.05) is 0 Å². The molecule has 1 aliphatic heterocycles. The highest BCUT2D eigenvalue weighted by Crippen LogP contribution is 2.38. The number of hydrogen-bond donors (Lipinski definition) is 2. The lowest BCUT2D eigenvalue weighted by Gasteiger charge is -2.19. The minimum atomic E-state index is -0.642. The molecular weight excluding hydrogens is 377 g/mol. The third-order valence-electron chi connectivity index (χ3n) is 4.73. The van der Waals surface area contributed by atoms with Crippen molar-refractivity contribution < 1.29 is 19.4 Å². The van der Waals surface area contributed by atoms with Gasteiger partial charge >= 0.3 is 0 Å². The van der Waals surface area contributed by atoms with Crippen molar-refractivity contribution in [2.24, 2.45) is 10.3 Å². The van der Waals surface area contributed by atoms with E-state index in [1.54, 1.807) is 9.47 Å². The van der Waals surface area contributed by atoms with Crippen LogP contribution >= 0.6 is 11.9 Å². The molecule has 9 nitrogen and oxygen atoms in total. The molecule has 4 rings (SSSR count). The van der Waals surface area contributed by atoms with E-state index in [4.69, 9.17) is 15.2 Å². The van der Waals surface area contributed by atoms with Crippen molar-refractivity contribution in [1.82, 2.24) is 9.55 Å². The van der Waals surface area contributed by atoms with Gasteiger partial charge in [-0.15, -0.1) is 0 Å². The van der Waals surface area contributed by atoms with Gasteiger partial charge in [0, 0.05) is 12.6 Å². The predicted octanol–water partition coefficient (Wildman–Crippen LogP) is 1.52. The zero-order valence-electron chi connectivity index (χ0n) is 14.5. The van der Waals surface area contributed by atoms with E-state index in [0.717, 1.165) is 30.9 Å². The summed E-state index contributed by atoms with van der Waals surface area (Å²) in [6.45, 7) is 0.744. The summed E-state index contributed by atoms with van der Waals surface area (Å²) < 4.78 is 16.6. The Morgan fingerprint density at radius 2 is 2.26 bits per heavy atom. The Labute approximate surface area is 157 Å². The average Bonchev–Trinajstić information content (AvgIpc) is 3.43. The topological polar surface area (TPSA) is 115 Å². The van der Waals surface area contributed by atoms with Crippen LogP contribution in [0.1, 0.15) is 18.9 Å². The molecule has 0 aromatic carbocycles. The summed E-state index contributed by atoms with van der Waals surface area (Å²) in [5.74, 6) is -0.774. The molecule has 3 heterocycles. The Morgan fingerprint density at radius 3 is 2.89 bits per heavy atom. The van der Waals surface area contributed by atoms with Gasteiger partial charge in [-0.1, -0.05) is 17.1 Å². The molecule has 0 spiro atoms. The number of pyridine rings is 2. The van der Waals surface area contributed by atoms with Crippen molar-refractivity contribution in [3.63, 3.8) is 0 Å². The molecule has 1 saturated carbocycles. The van der Waals surface area contributed by atoms with Crippen molar-refractivity contribution in [3.05, 3.63) is 28.3 Å². The summed E-state index contributed by atoms with van der Waals surface area (Å²) in [6, 6.07) is 1.28. The van der Waals surface area contributed by atoms with Crippen molar-refractivity contribution in [2.45, 2.75) is 24.1 Å². The molecule has 2 fully saturated rings. The van der Waals surface area contributed by atoms with Gasteiger partial charge in [-0.3, -0.25) is 9.93 Å². The number of nitrogens with two attached hydrogens (primary N) is 1. The second-order valence-electron chi connectivity index (χ2n) is 6.49. The lowest BCUT2D eigenvalue weighted by Crippen LogP contribution is -2.24. The summed E-state index contributed by atoms with van der Waals surface area (Å²) in [5.41, 5.74) is 0.435. The maximum Gasteiger partial charge on any atom is 0.237 e. The van der Waals surface area contributed by atoms with Crippen molar-refractivity contribution in [1.29, 1.82) is 0 Å². The number of halogens is 1. The minimum absolute atomic E-state index is 0.0597. The Kier molecular flexibility index (Phi) is 4.66. The van der Waals surface area contributed by atoms with Crippen LogP contribution in [0.15, 0.2) is 22.2 Å². The lowest BCUT2D eigenvalue weighted by molar-refractivity contribution is -0.138. The second kappa shape index (κ2) is 6.98. The van der Waals surface area contributed by atoms with E-state index >= 15 is 0 Å². The quantitative estimate of drug-likeness (QED) is 0.445. The highest BCUT2D eigenvalue weighted by Gasteiger charge is 2.33. The molecule has 0 bridgehead atoms. The molecule has 0 amide bonds. The van der Waals surface area contributed by atoms with Crippen molar-refractivity contribution in [3.8, 4) is 5.75 Å². The van der Waals surface area contributed by atoms with E-state index < -0.39 is 11.2 Å². The molecule has 2 aromatic heterocycles. The Bertz CT molecular complexity index is 977. The molecule has 1 aliphatic carbocycles. The number of hydrogen-bond acceptors (Lipinski definition) is 9. The molecule has 1 atom stereocenters. The van der Waals surface area contributed by atoms with Crippen LogP contribution in [0.2, 0.25) is 0 Å². The largest absolute Gasteiger partial charge is 0.399 e. The first-order chi connectivity index (χ1) is 13.1. The standard InChI is InChI=1S/C16H18FN5O4S/c1-25-20-11-5-21(7-13(11)27-18)16-10(17)4-9-14(23)12(26-24)6-22(8-2-3-8)15(9)19-16/h4,6,8,13,24H,2-3,5,7,18H2,1H3/b20-11+. The van der Waals surface area contributed by atoms with Gasteiger partial charge in [-0.2, -0.15) is 0 Å². The summed E-state index contributed by atoms with van der Waals surface area (Å²) >= 11 is 1.11. The average molecular weight is 395 g/mol. The molecule has 11 heteroatoms. The van der Waals surface area contributed by atoms with E-state index in [-0.39, 0.29) is 28.2 Å². The SMILES string of the molecule is CO/N=C1\CN(c2nc3c(cc2F)c(=O)c(OO)cn3C2CC2)CC1SN. The van der Waals surface area contributed by atoms with Crippen LogP contribution in [0.3, 0.4) is 0 Å². The molecule has 3 N–H and O–H groups in total. The number of oxime groups is 1. The molecule has 144 valence electrons. The fourth-order valence-electron chi connectivity index (χ4n) is 3.29. The highest BCUT2D eigenvalue weighted by atomic mass is 32.2. The van der Waals surface area contributed by atoms with Crippen LogP contribution in [-0.4, -0.2) is 46.0 Å². The third-order valence-corrected chi connectivity index (χ3v) is 5.48. The zero-order chi connectivity index (χ0) is 19.1. The van der Waals surface area contributed by atoms with Crippen LogP contribution in [0.4, 0.5) is 10.2 Å². The van der Waals surface area contributed by atoms with Gasteiger partial charge in [0.15, 0.2) is 11.6 Å². The van der Waals surface area contributed by atoms with E-state index in [9.17, 15) is 9.18 Å². The monoisotopic (exact) mass is 395 g/mol. The first kappa shape index (κ1) is 18.0. The van der Waals surface area contributed by atoms with E-state index in [1.165, 1.54) is 13.3 Å².